The zero-order valence-corrected chi connectivity index (χ0v) is 12.7. The number of nitrogens with one attached hydrogen (secondary N) is 2. The Morgan fingerprint density at radius 3 is 2.50 bits per heavy atom. The van der Waals surface area contributed by atoms with E-state index in [1.165, 1.54) is 36.4 Å². The highest BCUT2D eigenvalue weighted by Crippen LogP contribution is 2.20. The second-order valence-corrected chi connectivity index (χ2v) is 5.18. The maximum Gasteiger partial charge on any atom is 0.253 e. The van der Waals surface area contributed by atoms with Gasteiger partial charge in [0.05, 0.1) is 22.8 Å². The third kappa shape index (κ3) is 4.19. The van der Waals surface area contributed by atoms with Crippen molar-refractivity contribution in [3.05, 3.63) is 63.9 Å². The second-order valence-electron chi connectivity index (χ2n) is 4.33. The molecule has 4 nitrogen and oxygen atoms in total. The molecule has 114 valence electrons. The van der Waals surface area contributed by atoms with E-state index in [4.69, 9.17) is 23.2 Å². The monoisotopic (exact) mass is 340 g/mol. The lowest BCUT2D eigenvalue weighted by Crippen LogP contribution is -2.33. The van der Waals surface area contributed by atoms with Gasteiger partial charge >= 0.3 is 0 Å². The highest BCUT2D eigenvalue weighted by Gasteiger charge is 2.12. The summed E-state index contributed by atoms with van der Waals surface area (Å²) in [6.07, 6.45) is 0. The van der Waals surface area contributed by atoms with Gasteiger partial charge in [-0.05, 0) is 30.3 Å². The number of rotatable bonds is 4. The Kier molecular flexibility index (Phi) is 5.35. The predicted molar refractivity (Wildman–Crippen MR) is 83.8 cm³/mol. The van der Waals surface area contributed by atoms with Crippen molar-refractivity contribution in [2.75, 3.05) is 11.9 Å². The Hall–Kier alpha value is -2.11. The van der Waals surface area contributed by atoms with Gasteiger partial charge in [-0.3, -0.25) is 9.59 Å². The summed E-state index contributed by atoms with van der Waals surface area (Å²) in [6.45, 7) is -0.313. The molecule has 0 aliphatic carbocycles. The number of benzene rings is 2. The molecule has 2 aromatic carbocycles. The minimum atomic E-state index is -0.553. The lowest BCUT2D eigenvalue weighted by Gasteiger charge is -2.08. The van der Waals surface area contributed by atoms with Gasteiger partial charge in [0.15, 0.2) is 0 Å². The van der Waals surface area contributed by atoms with Gasteiger partial charge in [0.1, 0.15) is 5.82 Å². The van der Waals surface area contributed by atoms with Gasteiger partial charge in [-0.2, -0.15) is 0 Å². The first-order chi connectivity index (χ1) is 10.5. The fraction of sp³-hybridized carbons (Fsp3) is 0.0667. The van der Waals surface area contributed by atoms with E-state index in [0.29, 0.717) is 5.02 Å². The largest absolute Gasteiger partial charge is 0.343 e. The molecule has 0 radical (unpaired) electrons. The molecule has 2 N–H and O–H groups in total. The maximum absolute atomic E-state index is 13.4. The summed E-state index contributed by atoms with van der Waals surface area (Å²) >= 11 is 11.6. The van der Waals surface area contributed by atoms with Gasteiger partial charge in [-0.25, -0.2) is 4.39 Å². The van der Waals surface area contributed by atoms with E-state index >= 15 is 0 Å². The number of carbonyl (C=O) groups is 2. The zero-order chi connectivity index (χ0) is 16.1. The molecular formula is C15H11Cl2FN2O2. The van der Waals surface area contributed by atoms with Crippen LogP contribution >= 0.6 is 23.2 Å². The Balaban J connectivity index is 1.93. The number of amides is 2. The number of hydrogen-bond acceptors (Lipinski definition) is 2. The molecule has 0 unspecified atom stereocenters. The van der Waals surface area contributed by atoms with Crippen molar-refractivity contribution in [3.8, 4) is 0 Å². The van der Waals surface area contributed by atoms with Crippen LogP contribution < -0.4 is 10.6 Å². The van der Waals surface area contributed by atoms with Gasteiger partial charge in [0.25, 0.3) is 5.91 Å². The van der Waals surface area contributed by atoms with E-state index in [1.54, 1.807) is 6.07 Å². The number of halogens is 3. The molecule has 0 aliphatic heterocycles. The summed E-state index contributed by atoms with van der Waals surface area (Å²) in [7, 11) is 0. The summed E-state index contributed by atoms with van der Waals surface area (Å²) < 4.78 is 13.4. The molecule has 2 amide bonds. The standard InChI is InChI=1S/C15H11Cl2FN2O2/c16-9-5-6-10(11(17)7-9)15(22)19-8-14(21)20-13-4-2-1-3-12(13)18/h1-7H,8H2,(H,19,22)(H,20,21). The smallest absolute Gasteiger partial charge is 0.253 e. The van der Waals surface area contributed by atoms with Crippen molar-refractivity contribution in [1.29, 1.82) is 0 Å². The molecule has 0 aliphatic rings. The fourth-order valence-electron chi connectivity index (χ4n) is 1.69. The van der Waals surface area contributed by atoms with Crippen molar-refractivity contribution in [1.82, 2.24) is 5.32 Å². The number of carbonyl (C=O) groups excluding carboxylic acids is 2. The van der Waals surface area contributed by atoms with E-state index in [0.717, 1.165) is 0 Å². The predicted octanol–water partition coefficient (Wildman–Crippen LogP) is 3.50. The first kappa shape index (κ1) is 16.3. The molecule has 0 heterocycles. The van der Waals surface area contributed by atoms with Crippen molar-refractivity contribution >= 4 is 40.7 Å². The number of hydrogen-bond donors (Lipinski definition) is 2. The lowest BCUT2D eigenvalue weighted by molar-refractivity contribution is -0.115. The van der Waals surface area contributed by atoms with Gasteiger partial charge in [-0.15, -0.1) is 0 Å². The molecule has 0 fully saturated rings. The molecule has 0 saturated heterocycles. The molecule has 0 atom stereocenters. The average molecular weight is 341 g/mol. The Morgan fingerprint density at radius 2 is 1.82 bits per heavy atom. The Labute approximate surface area is 136 Å². The molecule has 0 saturated carbocycles. The SMILES string of the molecule is O=C(CNC(=O)c1ccc(Cl)cc1Cl)Nc1ccccc1F. The average Bonchev–Trinajstić information content (AvgIpc) is 2.47. The third-order valence-electron chi connectivity index (χ3n) is 2.73. The fourth-order valence-corrected chi connectivity index (χ4v) is 2.18. The maximum atomic E-state index is 13.4. The van der Waals surface area contributed by atoms with Crippen molar-refractivity contribution < 1.29 is 14.0 Å². The van der Waals surface area contributed by atoms with Crippen LogP contribution in [0.3, 0.4) is 0 Å². The summed E-state index contributed by atoms with van der Waals surface area (Å²) in [5.41, 5.74) is 0.246. The van der Waals surface area contributed by atoms with Crippen LogP contribution in [0, 0.1) is 5.82 Å². The molecule has 0 aromatic heterocycles. The summed E-state index contributed by atoms with van der Waals surface area (Å²) in [4.78, 5) is 23.6. The van der Waals surface area contributed by atoms with E-state index in [-0.39, 0.29) is 22.8 Å². The van der Waals surface area contributed by atoms with Gasteiger partial charge < -0.3 is 10.6 Å². The minimum Gasteiger partial charge on any atom is -0.343 e. The summed E-state index contributed by atoms with van der Waals surface area (Å²) in [5.74, 6) is -1.63. The molecular weight excluding hydrogens is 330 g/mol. The van der Waals surface area contributed by atoms with Gasteiger partial charge in [0, 0.05) is 5.02 Å². The van der Waals surface area contributed by atoms with Crippen molar-refractivity contribution in [2.24, 2.45) is 0 Å². The van der Waals surface area contributed by atoms with E-state index < -0.39 is 17.6 Å². The molecule has 2 rings (SSSR count). The molecule has 2 aromatic rings. The summed E-state index contributed by atoms with van der Waals surface area (Å²) in [6, 6.07) is 10.1. The lowest BCUT2D eigenvalue weighted by atomic mass is 10.2. The van der Waals surface area contributed by atoms with E-state index in [2.05, 4.69) is 10.6 Å². The van der Waals surface area contributed by atoms with Crippen LogP contribution in [0.5, 0.6) is 0 Å². The molecule has 0 bridgehead atoms. The number of para-hydroxylation sites is 1. The molecule has 22 heavy (non-hydrogen) atoms. The van der Waals surface area contributed by atoms with Crippen LogP contribution in [-0.2, 0) is 4.79 Å². The molecule has 0 spiro atoms. The van der Waals surface area contributed by atoms with Crippen LogP contribution in [-0.4, -0.2) is 18.4 Å². The van der Waals surface area contributed by atoms with E-state index in [1.807, 2.05) is 0 Å². The quantitative estimate of drug-likeness (QED) is 0.894. The molecule has 7 heteroatoms. The van der Waals surface area contributed by atoms with E-state index in [9.17, 15) is 14.0 Å². The van der Waals surface area contributed by atoms with Crippen LogP contribution in [0.25, 0.3) is 0 Å². The minimum absolute atomic E-state index is 0.0475. The van der Waals surface area contributed by atoms with Crippen molar-refractivity contribution in [2.45, 2.75) is 0 Å². The third-order valence-corrected chi connectivity index (χ3v) is 3.28. The first-order valence-corrected chi connectivity index (χ1v) is 7.00. The Bertz CT molecular complexity index is 722. The second kappa shape index (κ2) is 7.24. The summed E-state index contributed by atoms with van der Waals surface area (Å²) in [5, 5.41) is 5.34. The first-order valence-electron chi connectivity index (χ1n) is 6.25. The zero-order valence-electron chi connectivity index (χ0n) is 11.2. The normalized spacial score (nSPS) is 10.1. The van der Waals surface area contributed by atoms with Gasteiger partial charge in [0.2, 0.25) is 5.91 Å². The van der Waals surface area contributed by atoms with Crippen molar-refractivity contribution in [3.63, 3.8) is 0 Å². The van der Waals surface area contributed by atoms with Crippen LogP contribution in [0.1, 0.15) is 10.4 Å². The van der Waals surface area contributed by atoms with Gasteiger partial charge in [-0.1, -0.05) is 35.3 Å². The van der Waals surface area contributed by atoms with Crippen LogP contribution in [0.15, 0.2) is 42.5 Å². The highest BCUT2D eigenvalue weighted by atomic mass is 35.5. The topological polar surface area (TPSA) is 58.2 Å². The van der Waals surface area contributed by atoms with Crippen LogP contribution in [0.4, 0.5) is 10.1 Å². The highest BCUT2D eigenvalue weighted by molar-refractivity contribution is 6.36. The Morgan fingerprint density at radius 1 is 1.09 bits per heavy atom. The number of anilines is 1. The van der Waals surface area contributed by atoms with Crippen LogP contribution in [0.2, 0.25) is 10.0 Å².